The van der Waals surface area contributed by atoms with Gasteiger partial charge in [0.25, 0.3) is 0 Å². The number of rotatable bonds is 4. The smallest absolute Gasteiger partial charge is 0.215 e. The van der Waals surface area contributed by atoms with Crippen molar-refractivity contribution < 1.29 is 19.7 Å². The molecule has 1 rings (SSSR count). The van der Waals surface area contributed by atoms with E-state index in [4.69, 9.17) is 5.11 Å². The van der Waals surface area contributed by atoms with E-state index in [1.807, 2.05) is 0 Å². The third-order valence-corrected chi connectivity index (χ3v) is 2.17. The van der Waals surface area contributed by atoms with Gasteiger partial charge in [0.15, 0.2) is 0 Å². The lowest BCUT2D eigenvalue weighted by Crippen LogP contribution is -2.19. The molecule has 0 fully saturated rings. The highest BCUT2D eigenvalue weighted by Gasteiger charge is 2.18. The van der Waals surface area contributed by atoms with Crippen molar-refractivity contribution in [1.29, 1.82) is 0 Å². The van der Waals surface area contributed by atoms with Crippen molar-refractivity contribution in [1.82, 2.24) is 4.98 Å². The number of aliphatic hydroxyl groups excluding tert-OH is 3. The lowest BCUT2D eigenvalue weighted by molar-refractivity contribution is 0.00394. The maximum atomic E-state index is 12.8. The number of halogens is 1. The number of aliphatic hydroxyl groups is 3. The number of hydrogen-bond acceptors (Lipinski definition) is 4. The van der Waals surface area contributed by atoms with Crippen LogP contribution < -0.4 is 0 Å². The maximum absolute atomic E-state index is 12.8. The molecule has 5 heteroatoms. The Hall–Kier alpha value is -1.04. The Morgan fingerprint density at radius 2 is 2.13 bits per heavy atom. The van der Waals surface area contributed by atoms with Gasteiger partial charge in [-0.05, 0) is 19.4 Å². The Labute approximate surface area is 87.0 Å². The van der Waals surface area contributed by atoms with Crippen LogP contribution >= 0.6 is 0 Å². The lowest BCUT2D eigenvalue weighted by Gasteiger charge is -2.17. The molecule has 4 nitrogen and oxygen atoms in total. The third-order valence-electron chi connectivity index (χ3n) is 2.17. The highest BCUT2D eigenvalue weighted by Crippen LogP contribution is 2.19. The molecular formula is C10H14FNO3. The van der Waals surface area contributed by atoms with Crippen LogP contribution in [0.15, 0.2) is 12.3 Å². The zero-order chi connectivity index (χ0) is 11.4. The monoisotopic (exact) mass is 215 g/mol. The Morgan fingerprint density at radius 3 is 2.67 bits per heavy atom. The van der Waals surface area contributed by atoms with E-state index in [1.165, 1.54) is 19.2 Å². The summed E-state index contributed by atoms with van der Waals surface area (Å²) in [4.78, 5) is 3.44. The van der Waals surface area contributed by atoms with Gasteiger partial charge in [-0.1, -0.05) is 0 Å². The number of hydrogen-bond donors (Lipinski definition) is 3. The fourth-order valence-electron chi connectivity index (χ4n) is 1.25. The lowest BCUT2D eigenvalue weighted by atomic mass is 10.0. The van der Waals surface area contributed by atoms with Crippen LogP contribution in [0.3, 0.4) is 0 Å². The molecule has 0 bridgehead atoms. The van der Waals surface area contributed by atoms with Crippen molar-refractivity contribution in [2.24, 2.45) is 0 Å². The summed E-state index contributed by atoms with van der Waals surface area (Å²) in [6.45, 7) is 1.31. The predicted octanol–water partition coefficient (Wildman–Crippen LogP) is 0.306. The summed E-state index contributed by atoms with van der Waals surface area (Å²) in [7, 11) is 0. The molecule has 0 amide bonds. The molecule has 1 heterocycles. The zero-order valence-electron chi connectivity index (χ0n) is 8.39. The molecule has 1 aromatic heterocycles. The van der Waals surface area contributed by atoms with Crippen LogP contribution in [-0.2, 0) is 0 Å². The van der Waals surface area contributed by atoms with E-state index in [-0.39, 0.29) is 13.0 Å². The van der Waals surface area contributed by atoms with Crippen LogP contribution in [0.2, 0.25) is 0 Å². The van der Waals surface area contributed by atoms with Gasteiger partial charge in [-0.25, -0.2) is 4.98 Å². The van der Waals surface area contributed by atoms with E-state index in [2.05, 4.69) is 4.98 Å². The van der Waals surface area contributed by atoms with Gasteiger partial charge in [-0.15, -0.1) is 0 Å². The molecule has 0 saturated heterocycles. The highest BCUT2D eigenvalue weighted by molar-refractivity contribution is 5.20. The molecule has 3 N–H and O–H groups in total. The second kappa shape index (κ2) is 5.16. The molecule has 0 aliphatic rings. The van der Waals surface area contributed by atoms with E-state index >= 15 is 0 Å². The van der Waals surface area contributed by atoms with Gasteiger partial charge >= 0.3 is 0 Å². The summed E-state index contributed by atoms with van der Waals surface area (Å²) in [6, 6.07) is 1.42. The van der Waals surface area contributed by atoms with Crippen molar-refractivity contribution in [2.45, 2.75) is 25.6 Å². The molecule has 0 radical (unpaired) electrons. The second-order valence-electron chi connectivity index (χ2n) is 3.40. The number of nitrogens with zero attached hydrogens (tertiary/aromatic N) is 1. The molecule has 1 aromatic rings. The van der Waals surface area contributed by atoms with Crippen LogP contribution in [0.25, 0.3) is 0 Å². The molecule has 84 valence electrons. The minimum atomic E-state index is -1.15. The Morgan fingerprint density at radius 1 is 1.47 bits per heavy atom. The number of pyridine rings is 1. The maximum Gasteiger partial charge on any atom is 0.215 e. The molecule has 0 aromatic carbocycles. The van der Waals surface area contributed by atoms with Crippen molar-refractivity contribution >= 4 is 0 Å². The molecule has 2 atom stereocenters. The Kier molecular flexibility index (Phi) is 4.14. The molecule has 0 aliphatic carbocycles. The summed E-state index contributed by atoms with van der Waals surface area (Å²) >= 11 is 0. The SMILES string of the molecule is Cc1cc(C(O)C(O)CCO)cnc1F. The summed E-state index contributed by atoms with van der Waals surface area (Å²) in [5, 5.41) is 27.6. The summed E-state index contributed by atoms with van der Waals surface area (Å²) in [5.74, 6) is -0.595. The summed E-state index contributed by atoms with van der Waals surface area (Å²) < 4.78 is 12.8. The third kappa shape index (κ3) is 2.95. The van der Waals surface area contributed by atoms with Crippen LogP contribution in [0.5, 0.6) is 0 Å². The van der Waals surface area contributed by atoms with Crippen LogP contribution in [0.1, 0.15) is 23.7 Å². The first kappa shape index (κ1) is 12.0. The van der Waals surface area contributed by atoms with Crippen molar-refractivity contribution in [3.63, 3.8) is 0 Å². The average molecular weight is 215 g/mol. The molecule has 15 heavy (non-hydrogen) atoms. The average Bonchev–Trinajstić information content (AvgIpc) is 2.21. The molecule has 0 aliphatic heterocycles. The van der Waals surface area contributed by atoms with Gasteiger partial charge in [0.05, 0.1) is 6.10 Å². The molecule has 0 spiro atoms. The van der Waals surface area contributed by atoms with E-state index < -0.39 is 18.2 Å². The summed E-state index contributed by atoms with van der Waals surface area (Å²) in [6.07, 6.45) is -0.976. The zero-order valence-corrected chi connectivity index (χ0v) is 8.39. The Bertz CT molecular complexity index is 332. The van der Waals surface area contributed by atoms with Crippen LogP contribution in [-0.4, -0.2) is 33.0 Å². The quantitative estimate of drug-likeness (QED) is 0.632. The van der Waals surface area contributed by atoms with Gasteiger partial charge in [-0.3, -0.25) is 0 Å². The predicted molar refractivity (Wildman–Crippen MR) is 51.6 cm³/mol. The largest absolute Gasteiger partial charge is 0.396 e. The summed E-state index contributed by atoms with van der Waals surface area (Å²) in [5.41, 5.74) is 0.651. The number of aromatic nitrogens is 1. The van der Waals surface area contributed by atoms with Gasteiger partial charge < -0.3 is 15.3 Å². The Balaban J connectivity index is 2.81. The standard InChI is InChI=1S/C10H14FNO3/c1-6-4-7(5-12-10(6)11)9(15)8(14)2-3-13/h4-5,8-9,13-15H,2-3H2,1H3. The number of aryl methyl sites for hydroxylation is 1. The normalized spacial score (nSPS) is 15.0. The van der Waals surface area contributed by atoms with Gasteiger partial charge in [0, 0.05) is 23.9 Å². The van der Waals surface area contributed by atoms with Crippen LogP contribution in [0.4, 0.5) is 4.39 Å². The second-order valence-corrected chi connectivity index (χ2v) is 3.40. The van der Waals surface area contributed by atoms with E-state index in [9.17, 15) is 14.6 Å². The fraction of sp³-hybridized carbons (Fsp3) is 0.500. The first-order valence-corrected chi connectivity index (χ1v) is 4.65. The molecular weight excluding hydrogens is 201 g/mol. The highest BCUT2D eigenvalue weighted by atomic mass is 19.1. The van der Waals surface area contributed by atoms with Gasteiger partial charge in [-0.2, -0.15) is 4.39 Å². The molecule has 2 unspecified atom stereocenters. The molecule has 0 saturated carbocycles. The topological polar surface area (TPSA) is 73.6 Å². The first-order valence-electron chi connectivity index (χ1n) is 4.65. The van der Waals surface area contributed by atoms with E-state index in [1.54, 1.807) is 0 Å². The van der Waals surface area contributed by atoms with Gasteiger partial charge in [0.1, 0.15) is 6.10 Å². The van der Waals surface area contributed by atoms with Crippen molar-refractivity contribution in [3.05, 3.63) is 29.3 Å². The van der Waals surface area contributed by atoms with Gasteiger partial charge in [0.2, 0.25) is 5.95 Å². The minimum Gasteiger partial charge on any atom is -0.396 e. The van der Waals surface area contributed by atoms with E-state index in [0.29, 0.717) is 11.1 Å². The fourth-order valence-corrected chi connectivity index (χ4v) is 1.25. The van der Waals surface area contributed by atoms with E-state index in [0.717, 1.165) is 0 Å². The van der Waals surface area contributed by atoms with Crippen LogP contribution in [0, 0.1) is 12.9 Å². The van der Waals surface area contributed by atoms with Crippen molar-refractivity contribution in [2.75, 3.05) is 6.61 Å². The first-order chi connectivity index (χ1) is 7.06. The minimum absolute atomic E-state index is 0.0671. The van der Waals surface area contributed by atoms with Crippen molar-refractivity contribution in [3.8, 4) is 0 Å².